The SMILES string of the molecule is COc1cc2c(cc1F)nc(N)n2CC1(C)CCCO1. The normalized spacial score (nSPS) is 22.6. The summed E-state index contributed by atoms with van der Waals surface area (Å²) >= 11 is 0. The summed E-state index contributed by atoms with van der Waals surface area (Å²) < 4.78 is 26.4. The molecule has 1 aliphatic heterocycles. The van der Waals surface area contributed by atoms with E-state index in [0.717, 1.165) is 25.0 Å². The Balaban J connectivity index is 2.07. The third-order valence-corrected chi connectivity index (χ3v) is 3.84. The maximum atomic E-state index is 13.7. The van der Waals surface area contributed by atoms with Gasteiger partial charge in [-0.2, -0.15) is 0 Å². The van der Waals surface area contributed by atoms with Crippen LogP contribution in [0.15, 0.2) is 12.1 Å². The van der Waals surface area contributed by atoms with E-state index >= 15 is 0 Å². The summed E-state index contributed by atoms with van der Waals surface area (Å²) in [6, 6.07) is 2.98. The van der Waals surface area contributed by atoms with E-state index in [1.54, 1.807) is 6.07 Å². The molecule has 5 nitrogen and oxygen atoms in total. The molecule has 1 unspecified atom stereocenters. The Hall–Kier alpha value is -1.82. The van der Waals surface area contributed by atoms with Crippen LogP contribution < -0.4 is 10.5 Å². The molecule has 108 valence electrons. The van der Waals surface area contributed by atoms with E-state index in [1.807, 2.05) is 4.57 Å². The summed E-state index contributed by atoms with van der Waals surface area (Å²) in [5, 5.41) is 0. The van der Waals surface area contributed by atoms with Crippen LogP contribution in [-0.2, 0) is 11.3 Å². The highest BCUT2D eigenvalue weighted by Gasteiger charge is 2.31. The summed E-state index contributed by atoms with van der Waals surface area (Å²) in [6.07, 6.45) is 2.02. The van der Waals surface area contributed by atoms with Gasteiger partial charge in [-0.1, -0.05) is 0 Å². The molecule has 0 amide bonds. The van der Waals surface area contributed by atoms with Crippen molar-refractivity contribution in [2.24, 2.45) is 0 Å². The highest BCUT2D eigenvalue weighted by atomic mass is 19.1. The first-order valence-corrected chi connectivity index (χ1v) is 6.66. The summed E-state index contributed by atoms with van der Waals surface area (Å²) in [5.41, 5.74) is 7.01. The predicted octanol–water partition coefficient (Wildman–Crippen LogP) is 2.34. The molecule has 1 saturated heterocycles. The minimum atomic E-state index is -0.437. The first kappa shape index (κ1) is 13.2. The van der Waals surface area contributed by atoms with Gasteiger partial charge in [-0.3, -0.25) is 0 Å². The fraction of sp³-hybridized carbons (Fsp3) is 0.500. The van der Waals surface area contributed by atoms with Crippen LogP contribution in [0.4, 0.5) is 10.3 Å². The highest BCUT2D eigenvalue weighted by molar-refractivity contribution is 5.80. The first-order chi connectivity index (χ1) is 9.52. The average molecular weight is 279 g/mol. The molecule has 2 N–H and O–H groups in total. The third-order valence-electron chi connectivity index (χ3n) is 3.84. The van der Waals surface area contributed by atoms with Crippen molar-refractivity contribution in [2.75, 3.05) is 19.5 Å². The molecule has 0 bridgehead atoms. The van der Waals surface area contributed by atoms with Gasteiger partial charge in [-0.25, -0.2) is 9.37 Å². The standard InChI is InChI=1S/C14H18FN3O2/c1-14(4-3-5-20-14)8-18-11-7-12(19-2)9(15)6-10(11)17-13(18)16/h6-7H,3-5,8H2,1-2H3,(H2,16,17). The molecule has 1 atom stereocenters. The van der Waals surface area contributed by atoms with E-state index in [0.29, 0.717) is 18.0 Å². The molecule has 1 fully saturated rings. The quantitative estimate of drug-likeness (QED) is 0.936. The summed E-state index contributed by atoms with van der Waals surface area (Å²) in [7, 11) is 1.44. The van der Waals surface area contributed by atoms with Crippen molar-refractivity contribution < 1.29 is 13.9 Å². The minimum absolute atomic E-state index is 0.191. The van der Waals surface area contributed by atoms with Crippen molar-refractivity contribution in [1.29, 1.82) is 0 Å². The molecule has 1 aromatic heterocycles. The number of hydrogen-bond donors (Lipinski definition) is 1. The number of rotatable bonds is 3. The van der Waals surface area contributed by atoms with Crippen LogP contribution in [0.5, 0.6) is 5.75 Å². The molecule has 2 heterocycles. The second-order valence-corrected chi connectivity index (χ2v) is 5.43. The number of imidazole rings is 1. The monoisotopic (exact) mass is 279 g/mol. The lowest BCUT2D eigenvalue weighted by Crippen LogP contribution is -2.30. The molecule has 6 heteroatoms. The number of hydrogen-bond acceptors (Lipinski definition) is 4. The number of benzene rings is 1. The second-order valence-electron chi connectivity index (χ2n) is 5.43. The zero-order valence-electron chi connectivity index (χ0n) is 11.6. The van der Waals surface area contributed by atoms with Gasteiger partial charge in [0.1, 0.15) is 0 Å². The van der Waals surface area contributed by atoms with Crippen LogP contribution in [0.25, 0.3) is 11.0 Å². The van der Waals surface area contributed by atoms with Crippen LogP contribution >= 0.6 is 0 Å². The van der Waals surface area contributed by atoms with Crippen molar-refractivity contribution in [2.45, 2.75) is 31.9 Å². The minimum Gasteiger partial charge on any atom is -0.494 e. The van der Waals surface area contributed by atoms with Gasteiger partial charge in [-0.05, 0) is 19.8 Å². The van der Waals surface area contributed by atoms with Crippen molar-refractivity contribution >= 4 is 17.0 Å². The number of anilines is 1. The van der Waals surface area contributed by atoms with Gasteiger partial charge in [0.15, 0.2) is 11.6 Å². The zero-order valence-corrected chi connectivity index (χ0v) is 11.6. The van der Waals surface area contributed by atoms with E-state index in [2.05, 4.69) is 11.9 Å². The van der Waals surface area contributed by atoms with E-state index < -0.39 is 5.82 Å². The molecule has 3 rings (SSSR count). The van der Waals surface area contributed by atoms with Gasteiger partial charge in [-0.15, -0.1) is 0 Å². The van der Waals surface area contributed by atoms with E-state index in [1.165, 1.54) is 13.2 Å². The Morgan fingerprint density at radius 3 is 3.00 bits per heavy atom. The van der Waals surface area contributed by atoms with Crippen LogP contribution in [0, 0.1) is 5.82 Å². The Morgan fingerprint density at radius 2 is 2.35 bits per heavy atom. The van der Waals surface area contributed by atoms with Crippen molar-refractivity contribution in [3.8, 4) is 5.75 Å². The molecule has 1 aromatic carbocycles. The number of nitrogens with zero attached hydrogens (tertiary/aromatic N) is 2. The lowest BCUT2D eigenvalue weighted by atomic mass is 10.0. The topological polar surface area (TPSA) is 62.3 Å². The molecule has 0 aliphatic carbocycles. The van der Waals surface area contributed by atoms with Gasteiger partial charge in [0.2, 0.25) is 5.95 Å². The van der Waals surface area contributed by atoms with E-state index in [-0.39, 0.29) is 11.4 Å². The van der Waals surface area contributed by atoms with Gasteiger partial charge in [0.05, 0.1) is 30.3 Å². The van der Waals surface area contributed by atoms with Crippen LogP contribution in [0.2, 0.25) is 0 Å². The Labute approximate surface area is 116 Å². The fourth-order valence-electron chi connectivity index (χ4n) is 2.76. The largest absolute Gasteiger partial charge is 0.494 e. The highest BCUT2D eigenvalue weighted by Crippen LogP contribution is 2.31. The van der Waals surface area contributed by atoms with Crippen molar-refractivity contribution in [3.05, 3.63) is 17.9 Å². The molecule has 0 saturated carbocycles. The van der Waals surface area contributed by atoms with Crippen molar-refractivity contribution in [1.82, 2.24) is 9.55 Å². The third kappa shape index (κ3) is 2.10. The number of nitrogen functional groups attached to an aromatic ring is 1. The van der Waals surface area contributed by atoms with Gasteiger partial charge >= 0.3 is 0 Å². The molecular formula is C14H18FN3O2. The molecular weight excluding hydrogens is 261 g/mol. The molecule has 0 spiro atoms. The summed E-state index contributed by atoms with van der Waals surface area (Å²) in [5.74, 6) is 0.119. The maximum absolute atomic E-state index is 13.7. The number of methoxy groups -OCH3 is 1. The van der Waals surface area contributed by atoms with Crippen molar-refractivity contribution in [3.63, 3.8) is 0 Å². The number of ether oxygens (including phenoxy) is 2. The van der Waals surface area contributed by atoms with Crippen LogP contribution in [0.1, 0.15) is 19.8 Å². The second kappa shape index (κ2) is 4.63. The number of fused-ring (bicyclic) bond motifs is 1. The Bertz CT molecular complexity index is 647. The first-order valence-electron chi connectivity index (χ1n) is 6.66. The van der Waals surface area contributed by atoms with Gasteiger partial charge in [0.25, 0.3) is 0 Å². The number of nitrogens with two attached hydrogens (primary N) is 1. The predicted molar refractivity (Wildman–Crippen MR) is 74.2 cm³/mol. The number of aromatic nitrogens is 2. The smallest absolute Gasteiger partial charge is 0.201 e. The number of halogens is 1. The average Bonchev–Trinajstić information content (AvgIpc) is 2.94. The molecule has 1 aliphatic rings. The lowest BCUT2D eigenvalue weighted by molar-refractivity contribution is 0.00750. The Kier molecular flexibility index (Phi) is 3.05. The Morgan fingerprint density at radius 1 is 1.55 bits per heavy atom. The van der Waals surface area contributed by atoms with Crippen LogP contribution in [-0.4, -0.2) is 28.9 Å². The maximum Gasteiger partial charge on any atom is 0.201 e. The lowest BCUT2D eigenvalue weighted by Gasteiger charge is -2.24. The summed E-state index contributed by atoms with van der Waals surface area (Å²) in [4.78, 5) is 4.21. The fourth-order valence-corrected chi connectivity index (χ4v) is 2.76. The van der Waals surface area contributed by atoms with E-state index in [9.17, 15) is 4.39 Å². The molecule has 0 radical (unpaired) electrons. The van der Waals surface area contributed by atoms with Crippen LogP contribution in [0.3, 0.4) is 0 Å². The van der Waals surface area contributed by atoms with Gasteiger partial charge in [0, 0.05) is 18.7 Å². The van der Waals surface area contributed by atoms with Gasteiger partial charge < -0.3 is 19.8 Å². The zero-order chi connectivity index (χ0) is 14.3. The van der Waals surface area contributed by atoms with E-state index in [4.69, 9.17) is 15.2 Å². The molecule has 20 heavy (non-hydrogen) atoms. The summed E-state index contributed by atoms with van der Waals surface area (Å²) in [6.45, 7) is 3.43. The molecule has 2 aromatic rings.